The molecular formula is C10H14N4O3S. The topological polar surface area (TPSA) is 86.6 Å². The van der Waals surface area contributed by atoms with E-state index in [1.807, 2.05) is 0 Å². The molecule has 0 aliphatic carbocycles. The average Bonchev–Trinajstić information content (AvgIpc) is 2.90. The van der Waals surface area contributed by atoms with Crippen molar-refractivity contribution in [3.63, 3.8) is 0 Å². The molecule has 0 aromatic carbocycles. The largest absolute Gasteiger partial charge is 0.481 e. The lowest BCUT2D eigenvalue weighted by Crippen LogP contribution is -2.49. The Morgan fingerprint density at radius 2 is 2.06 bits per heavy atom. The molecule has 1 aromatic heterocycles. The third-order valence-electron chi connectivity index (χ3n) is 2.88. The fourth-order valence-electron chi connectivity index (χ4n) is 1.85. The van der Waals surface area contributed by atoms with Crippen molar-refractivity contribution in [3.05, 3.63) is 11.1 Å². The number of amides is 1. The van der Waals surface area contributed by atoms with Crippen molar-refractivity contribution in [2.45, 2.75) is 6.42 Å². The van der Waals surface area contributed by atoms with Crippen LogP contribution in [-0.2, 0) is 4.79 Å². The number of aromatic nitrogens is 2. The lowest BCUT2D eigenvalue weighted by Gasteiger charge is -2.34. The van der Waals surface area contributed by atoms with Crippen LogP contribution in [0.15, 0.2) is 5.38 Å². The Morgan fingerprint density at radius 1 is 1.33 bits per heavy atom. The maximum absolute atomic E-state index is 12.0. The highest BCUT2D eigenvalue weighted by molar-refractivity contribution is 7.03. The molecule has 98 valence electrons. The van der Waals surface area contributed by atoms with Gasteiger partial charge < -0.3 is 10.0 Å². The number of hydrogen-bond donors (Lipinski definition) is 1. The van der Waals surface area contributed by atoms with Gasteiger partial charge in [0.2, 0.25) is 0 Å². The highest BCUT2D eigenvalue weighted by Gasteiger charge is 2.23. The van der Waals surface area contributed by atoms with Crippen LogP contribution in [0.2, 0.25) is 0 Å². The van der Waals surface area contributed by atoms with Crippen molar-refractivity contribution in [2.75, 3.05) is 32.7 Å². The number of hydrogen-bond acceptors (Lipinski definition) is 6. The van der Waals surface area contributed by atoms with Crippen molar-refractivity contribution in [2.24, 2.45) is 0 Å². The summed E-state index contributed by atoms with van der Waals surface area (Å²) in [5.74, 6) is -0.885. The fourth-order valence-corrected chi connectivity index (χ4v) is 2.28. The molecule has 0 unspecified atom stereocenters. The zero-order valence-electron chi connectivity index (χ0n) is 9.78. The van der Waals surface area contributed by atoms with Crippen LogP contribution < -0.4 is 0 Å². The predicted molar refractivity (Wildman–Crippen MR) is 64.5 cm³/mol. The van der Waals surface area contributed by atoms with Gasteiger partial charge in [0.25, 0.3) is 5.91 Å². The minimum atomic E-state index is -0.790. The number of carboxylic acid groups (broad SMARTS) is 1. The minimum absolute atomic E-state index is 0.0957. The van der Waals surface area contributed by atoms with E-state index in [0.717, 1.165) is 11.5 Å². The summed E-state index contributed by atoms with van der Waals surface area (Å²) in [4.78, 5) is 26.2. The molecule has 1 aliphatic rings. The van der Waals surface area contributed by atoms with Crippen LogP contribution in [0.25, 0.3) is 0 Å². The van der Waals surface area contributed by atoms with Gasteiger partial charge in [-0.3, -0.25) is 14.5 Å². The SMILES string of the molecule is O=C(O)CCN1CCN(C(=O)c2csnn2)CC1. The zero-order valence-corrected chi connectivity index (χ0v) is 10.6. The molecular weight excluding hydrogens is 256 g/mol. The molecule has 8 heteroatoms. The minimum Gasteiger partial charge on any atom is -0.481 e. The summed E-state index contributed by atoms with van der Waals surface area (Å²) in [6.45, 7) is 3.16. The van der Waals surface area contributed by atoms with Gasteiger partial charge in [-0.05, 0) is 11.5 Å². The molecule has 0 atom stereocenters. The molecule has 1 aromatic rings. The van der Waals surface area contributed by atoms with E-state index in [1.54, 1.807) is 10.3 Å². The van der Waals surface area contributed by atoms with Gasteiger partial charge in [0, 0.05) is 38.1 Å². The Hall–Kier alpha value is -1.54. The Labute approximate surface area is 108 Å². The maximum Gasteiger partial charge on any atom is 0.304 e. The first-order valence-corrected chi connectivity index (χ1v) is 6.51. The smallest absolute Gasteiger partial charge is 0.304 e. The molecule has 2 rings (SSSR count). The summed E-state index contributed by atoms with van der Waals surface area (Å²) < 4.78 is 3.67. The van der Waals surface area contributed by atoms with Gasteiger partial charge in [0.05, 0.1) is 6.42 Å². The van der Waals surface area contributed by atoms with Gasteiger partial charge in [0.15, 0.2) is 5.69 Å². The number of carbonyl (C=O) groups excluding carboxylic acids is 1. The second-order valence-electron chi connectivity index (χ2n) is 4.07. The summed E-state index contributed by atoms with van der Waals surface area (Å²) in [6, 6.07) is 0. The highest BCUT2D eigenvalue weighted by Crippen LogP contribution is 2.08. The van der Waals surface area contributed by atoms with Gasteiger partial charge in [-0.25, -0.2) is 0 Å². The van der Waals surface area contributed by atoms with E-state index in [4.69, 9.17) is 5.11 Å². The van der Waals surface area contributed by atoms with Crippen LogP contribution >= 0.6 is 11.5 Å². The van der Waals surface area contributed by atoms with E-state index in [9.17, 15) is 9.59 Å². The summed E-state index contributed by atoms with van der Waals surface area (Å²) >= 11 is 1.16. The first kappa shape index (κ1) is 12.9. The number of piperazine rings is 1. The van der Waals surface area contributed by atoms with E-state index < -0.39 is 5.97 Å². The quantitative estimate of drug-likeness (QED) is 0.813. The summed E-state index contributed by atoms with van der Waals surface area (Å²) in [5.41, 5.74) is 0.388. The molecule has 1 N–H and O–H groups in total. The van der Waals surface area contributed by atoms with Crippen LogP contribution in [0.1, 0.15) is 16.9 Å². The average molecular weight is 270 g/mol. The predicted octanol–water partition coefficient (Wildman–Crippen LogP) is -0.229. The van der Waals surface area contributed by atoms with Crippen molar-refractivity contribution >= 4 is 23.4 Å². The van der Waals surface area contributed by atoms with E-state index >= 15 is 0 Å². The summed E-state index contributed by atoms with van der Waals surface area (Å²) in [7, 11) is 0. The van der Waals surface area contributed by atoms with Crippen molar-refractivity contribution < 1.29 is 14.7 Å². The van der Waals surface area contributed by atoms with Gasteiger partial charge in [-0.15, -0.1) is 5.10 Å². The van der Waals surface area contributed by atoms with Crippen molar-refractivity contribution in [1.82, 2.24) is 19.4 Å². The molecule has 0 radical (unpaired) electrons. The number of rotatable bonds is 4. The molecule has 0 bridgehead atoms. The van der Waals surface area contributed by atoms with E-state index in [-0.39, 0.29) is 12.3 Å². The Kier molecular flexibility index (Phi) is 4.21. The third kappa shape index (κ3) is 3.23. The molecule has 7 nitrogen and oxygen atoms in total. The number of carbonyl (C=O) groups is 2. The van der Waals surface area contributed by atoms with Crippen molar-refractivity contribution in [3.8, 4) is 0 Å². The van der Waals surface area contributed by atoms with E-state index in [0.29, 0.717) is 38.4 Å². The Bertz CT molecular complexity index is 415. The zero-order chi connectivity index (χ0) is 13.0. The summed E-state index contributed by atoms with van der Waals surface area (Å²) in [5, 5.41) is 14.0. The molecule has 0 saturated carbocycles. The van der Waals surface area contributed by atoms with Crippen LogP contribution in [0.5, 0.6) is 0 Å². The lowest BCUT2D eigenvalue weighted by atomic mass is 10.2. The van der Waals surface area contributed by atoms with Gasteiger partial charge in [0.1, 0.15) is 0 Å². The lowest BCUT2D eigenvalue weighted by molar-refractivity contribution is -0.137. The van der Waals surface area contributed by atoms with Gasteiger partial charge in [-0.2, -0.15) is 0 Å². The maximum atomic E-state index is 12.0. The fraction of sp³-hybridized carbons (Fsp3) is 0.600. The second-order valence-corrected chi connectivity index (χ2v) is 4.68. The molecule has 1 fully saturated rings. The number of aliphatic carboxylic acids is 1. The van der Waals surface area contributed by atoms with Gasteiger partial charge >= 0.3 is 5.97 Å². The third-order valence-corrected chi connectivity index (χ3v) is 3.39. The number of nitrogens with zero attached hydrogens (tertiary/aromatic N) is 4. The highest BCUT2D eigenvalue weighted by atomic mass is 32.1. The standard InChI is InChI=1S/C10H14N4O3S/c15-9(16)1-2-13-3-5-14(6-4-13)10(17)8-7-18-12-11-8/h7H,1-6H2,(H,15,16). The molecule has 2 heterocycles. The normalized spacial score (nSPS) is 16.8. The summed E-state index contributed by atoms with van der Waals surface area (Å²) in [6.07, 6.45) is 0.143. The van der Waals surface area contributed by atoms with E-state index in [1.165, 1.54) is 0 Å². The van der Waals surface area contributed by atoms with E-state index in [2.05, 4.69) is 14.5 Å². The molecule has 18 heavy (non-hydrogen) atoms. The Balaban J connectivity index is 1.80. The first-order chi connectivity index (χ1) is 8.66. The van der Waals surface area contributed by atoms with Crippen LogP contribution in [0.3, 0.4) is 0 Å². The Morgan fingerprint density at radius 3 is 2.61 bits per heavy atom. The van der Waals surface area contributed by atoms with Crippen LogP contribution in [-0.4, -0.2) is 69.1 Å². The molecule has 1 saturated heterocycles. The molecule has 1 aliphatic heterocycles. The number of carboxylic acids is 1. The van der Waals surface area contributed by atoms with Crippen molar-refractivity contribution in [1.29, 1.82) is 0 Å². The van der Waals surface area contributed by atoms with Gasteiger partial charge in [-0.1, -0.05) is 4.49 Å². The monoisotopic (exact) mass is 270 g/mol. The van der Waals surface area contributed by atoms with Crippen LogP contribution in [0.4, 0.5) is 0 Å². The first-order valence-electron chi connectivity index (χ1n) is 5.67. The molecule has 1 amide bonds. The molecule has 0 spiro atoms. The second kappa shape index (κ2) is 5.87. The van der Waals surface area contributed by atoms with Crippen LogP contribution in [0, 0.1) is 0 Å².